The molecule has 1 aliphatic carbocycles. The topological polar surface area (TPSA) is 57.2 Å². The molecular formula is C20H28ClIN4O2. The summed E-state index contributed by atoms with van der Waals surface area (Å²) in [5.74, 6) is 1.56. The lowest BCUT2D eigenvalue weighted by molar-refractivity contribution is -0.142. The van der Waals surface area contributed by atoms with Crippen molar-refractivity contribution in [2.24, 2.45) is 4.99 Å². The molecule has 3 aliphatic rings. The van der Waals surface area contributed by atoms with Gasteiger partial charge in [0.2, 0.25) is 0 Å². The Labute approximate surface area is 188 Å². The predicted molar refractivity (Wildman–Crippen MR) is 122 cm³/mol. The lowest BCUT2D eigenvalue weighted by atomic mass is 10.1. The van der Waals surface area contributed by atoms with E-state index >= 15 is 0 Å². The molecule has 2 saturated heterocycles. The number of carbonyl (C=O) groups is 1. The van der Waals surface area contributed by atoms with Crippen LogP contribution in [0.1, 0.15) is 30.7 Å². The zero-order chi connectivity index (χ0) is 18.8. The lowest BCUT2D eigenvalue weighted by Crippen LogP contribution is -2.55. The van der Waals surface area contributed by atoms with Crippen LogP contribution >= 0.6 is 35.6 Å². The second-order valence-corrected chi connectivity index (χ2v) is 7.95. The standard InChI is InChI=1S/C20H27ClN4O2.HI/c1-22-20(23-17-13-16(17)14-4-2-5-15(21)12-14)25-9-7-24(8-10-25)19(26)18-6-3-11-27-18;/h2,4-5,12,16-18H,3,6-11,13H2,1H3,(H,22,23);1H. The number of carbonyl (C=O) groups excluding carboxylic acids is 1. The fourth-order valence-electron chi connectivity index (χ4n) is 4.04. The number of amides is 1. The minimum absolute atomic E-state index is 0. The van der Waals surface area contributed by atoms with Crippen molar-refractivity contribution in [3.63, 3.8) is 0 Å². The van der Waals surface area contributed by atoms with E-state index in [1.54, 1.807) is 0 Å². The number of halogens is 2. The summed E-state index contributed by atoms with van der Waals surface area (Å²) in [5, 5.41) is 4.37. The van der Waals surface area contributed by atoms with Gasteiger partial charge in [-0.25, -0.2) is 0 Å². The van der Waals surface area contributed by atoms with E-state index in [1.165, 1.54) is 5.56 Å². The van der Waals surface area contributed by atoms with Crippen molar-refractivity contribution in [1.82, 2.24) is 15.1 Å². The van der Waals surface area contributed by atoms with Gasteiger partial charge in [0.25, 0.3) is 5.91 Å². The summed E-state index contributed by atoms with van der Waals surface area (Å²) in [6.07, 6.45) is 2.72. The van der Waals surface area contributed by atoms with Gasteiger partial charge in [0.05, 0.1) is 0 Å². The van der Waals surface area contributed by atoms with Crippen LogP contribution in [0.5, 0.6) is 0 Å². The van der Waals surface area contributed by atoms with Gasteiger partial charge in [0.1, 0.15) is 6.10 Å². The van der Waals surface area contributed by atoms with E-state index in [-0.39, 0.29) is 36.0 Å². The summed E-state index contributed by atoms with van der Waals surface area (Å²) < 4.78 is 5.54. The molecule has 0 bridgehead atoms. The molecule has 4 rings (SSSR count). The number of hydrogen-bond donors (Lipinski definition) is 1. The Bertz CT molecular complexity index is 718. The van der Waals surface area contributed by atoms with E-state index < -0.39 is 0 Å². The SMILES string of the molecule is CN=C(NC1CC1c1cccc(Cl)c1)N1CCN(C(=O)C2CCCO2)CC1.I. The van der Waals surface area contributed by atoms with E-state index in [1.807, 2.05) is 30.1 Å². The normalized spacial score (nSPS) is 27.4. The highest BCUT2D eigenvalue weighted by Gasteiger charge is 2.40. The molecule has 28 heavy (non-hydrogen) atoms. The minimum atomic E-state index is -0.223. The van der Waals surface area contributed by atoms with Crippen LogP contribution in [-0.4, -0.2) is 73.6 Å². The highest BCUT2D eigenvalue weighted by Crippen LogP contribution is 2.41. The van der Waals surface area contributed by atoms with Crippen LogP contribution < -0.4 is 5.32 Å². The molecule has 3 atom stereocenters. The maximum Gasteiger partial charge on any atom is 0.251 e. The molecule has 1 N–H and O–H groups in total. The molecular weight excluding hydrogens is 491 g/mol. The maximum atomic E-state index is 12.5. The van der Waals surface area contributed by atoms with E-state index in [0.29, 0.717) is 18.6 Å². The molecule has 1 saturated carbocycles. The zero-order valence-corrected chi connectivity index (χ0v) is 19.2. The van der Waals surface area contributed by atoms with Crippen LogP contribution in [0.3, 0.4) is 0 Å². The fraction of sp³-hybridized carbons (Fsp3) is 0.600. The molecule has 2 aliphatic heterocycles. The molecule has 1 aromatic carbocycles. The quantitative estimate of drug-likeness (QED) is 0.380. The summed E-state index contributed by atoms with van der Waals surface area (Å²) >= 11 is 6.11. The van der Waals surface area contributed by atoms with Gasteiger partial charge in [0.15, 0.2) is 5.96 Å². The molecule has 6 nitrogen and oxygen atoms in total. The van der Waals surface area contributed by atoms with Gasteiger partial charge < -0.3 is 19.9 Å². The largest absolute Gasteiger partial charge is 0.368 e. The van der Waals surface area contributed by atoms with Gasteiger partial charge in [-0.1, -0.05) is 23.7 Å². The number of aliphatic imine (C=N–C) groups is 1. The molecule has 1 aromatic rings. The molecule has 1 amide bonds. The molecule has 3 fully saturated rings. The van der Waals surface area contributed by atoms with Crippen LogP contribution in [0.25, 0.3) is 0 Å². The Morgan fingerprint density at radius 1 is 1.25 bits per heavy atom. The highest BCUT2D eigenvalue weighted by molar-refractivity contribution is 14.0. The van der Waals surface area contributed by atoms with Crippen molar-refractivity contribution < 1.29 is 9.53 Å². The van der Waals surface area contributed by atoms with Crippen LogP contribution in [-0.2, 0) is 9.53 Å². The lowest BCUT2D eigenvalue weighted by Gasteiger charge is -2.37. The highest BCUT2D eigenvalue weighted by atomic mass is 127. The Balaban J connectivity index is 0.00000225. The minimum Gasteiger partial charge on any atom is -0.368 e. The van der Waals surface area contributed by atoms with Crippen molar-refractivity contribution in [2.45, 2.75) is 37.3 Å². The van der Waals surface area contributed by atoms with Crippen LogP contribution in [0.2, 0.25) is 5.02 Å². The molecule has 8 heteroatoms. The third kappa shape index (κ3) is 4.91. The molecule has 0 radical (unpaired) electrons. The fourth-order valence-corrected chi connectivity index (χ4v) is 4.24. The number of nitrogens with zero attached hydrogens (tertiary/aromatic N) is 3. The van der Waals surface area contributed by atoms with E-state index in [2.05, 4.69) is 21.3 Å². The number of rotatable bonds is 3. The summed E-state index contributed by atoms with van der Waals surface area (Å²) in [7, 11) is 1.82. The summed E-state index contributed by atoms with van der Waals surface area (Å²) in [5.41, 5.74) is 1.28. The number of hydrogen-bond acceptors (Lipinski definition) is 3. The van der Waals surface area contributed by atoms with Gasteiger partial charge >= 0.3 is 0 Å². The van der Waals surface area contributed by atoms with Crippen molar-refractivity contribution >= 4 is 47.4 Å². The average molecular weight is 519 g/mol. The Morgan fingerprint density at radius 3 is 2.64 bits per heavy atom. The smallest absolute Gasteiger partial charge is 0.251 e. The Hall–Kier alpha value is -1.06. The molecule has 0 aromatic heterocycles. The first-order chi connectivity index (χ1) is 13.2. The number of piperazine rings is 1. The van der Waals surface area contributed by atoms with Gasteiger partial charge in [-0.15, -0.1) is 24.0 Å². The number of nitrogens with one attached hydrogen (secondary N) is 1. The van der Waals surface area contributed by atoms with Crippen molar-refractivity contribution in [1.29, 1.82) is 0 Å². The summed E-state index contributed by atoms with van der Waals surface area (Å²) in [6.45, 7) is 3.76. The van der Waals surface area contributed by atoms with E-state index in [4.69, 9.17) is 16.3 Å². The second-order valence-electron chi connectivity index (χ2n) is 7.51. The van der Waals surface area contributed by atoms with Crippen molar-refractivity contribution in [2.75, 3.05) is 39.8 Å². The number of guanidine groups is 1. The van der Waals surface area contributed by atoms with Crippen molar-refractivity contribution in [3.8, 4) is 0 Å². The zero-order valence-electron chi connectivity index (χ0n) is 16.1. The Morgan fingerprint density at radius 2 is 2.00 bits per heavy atom. The third-order valence-electron chi connectivity index (χ3n) is 5.69. The number of benzene rings is 1. The summed E-state index contributed by atoms with van der Waals surface area (Å²) in [6, 6.07) is 8.50. The first-order valence-corrected chi connectivity index (χ1v) is 10.2. The maximum absolute atomic E-state index is 12.5. The predicted octanol–water partition coefficient (Wildman–Crippen LogP) is 2.71. The average Bonchev–Trinajstić information content (AvgIpc) is 3.25. The van der Waals surface area contributed by atoms with Crippen LogP contribution in [0.15, 0.2) is 29.3 Å². The summed E-state index contributed by atoms with van der Waals surface area (Å²) in [4.78, 5) is 21.1. The van der Waals surface area contributed by atoms with Crippen LogP contribution in [0.4, 0.5) is 0 Å². The molecule has 3 unspecified atom stereocenters. The first-order valence-electron chi connectivity index (χ1n) is 9.80. The third-order valence-corrected chi connectivity index (χ3v) is 5.92. The second kappa shape index (κ2) is 9.63. The van der Waals surface area contributed by atoms with Gasteiger partial charge in [-0.05, 0) is 37.0 Å². The van der Waals surface area contributed by atoms with Crippen molar-refractivity contribution in [3.05, 3.63) is 34.9 Å². The van der Waals surface area contributed by atoms with E-state index in [9.17, 15) is 4.79 Å². The van der Waals surface area contributed by atoms with E-state index in [0.717, 1.165) is 56.4 Å². The first kappa shape index (κ1) is 21.6. The van der Waals surface area contributed by atoms with Gasteiger partial charge in [-0.3, -0.25) is 9.79 Å². The Kier molecular flexibility index (Phi) is 7.44. The van der Waals surface area contributed by atoms with Gasteiger partial charge in [-0.2, -0.15) is 0 Å². The molecule has 2 heterocycles. The van der Waals surface area contributed by atoms with Gasteiger partial charge in [0, 0.05) is 56.8 Å². The molecule has 154 valence electrons. The monoisotopic (exact) mass is 518 g/mol. The van der Waals surface area contributed by atoms with Crippen LogP contribution in [0, 0.1) is 0 Å². The molecule has 0 spiro atoms. The number of ether oxygens (including phenoxy) is 1.